The second-order valence-corrected chi connectivity index (χ2v) is 2.78. The van der Waals surface area contributed by atoms with Gasteiger partial charge in [0.1, 0.15) is 0 Å². The van der Waals surface area contributed by atoms with Gasteiger partial charge in [0.15, 0.2) is 0 Å². The van der Waals surface area contributed by atoms with Gasteiger partial charge in [-0.2, -0.15) is 0 Å². The SMILES string of the molecule is O=[S](=O)(O)[Co]. The van der Waals surface area contributed by atoms with Crippen LogP contribution in [0, 0.1) is 0 Å². The Balaban J connectivity index is 4.06. The summed E-state index contributed by atoms with van der Waals surface area (Å²) < 4.78 is 25.5. The molecule has 0 aliphatic carbocycles. The molecule has 1 N–H and O–H groups in total. The summed E-state index contributed by atoms with van der Waals surface area (Å²) in [6.45, 7) is 0. The Morgan fingerprint density at radius 2 is 1.60 bits per heavy atom. The van der Waals surface area contributed by atoms with E-state index in [4.69, 9.17) is 13.0 Å². The zero-order chi connectivity index (χ0) is 4.50. The average Bonchev–Trinajstić information content (AvgIpc) is 0.722. The van der Waals surface area contributed by atoms with E-state index in [-0.39, 0.29) is 0 Å². The van der Waals surface area contributed by atoms with Crippen LogP contribution >= 0.6 is 0 Å². The quantitative estimate of drug-likeness (QED) is 0.454. The van der Waals surface area contributed by atoms with E-state index >= 15 is 0 Å². The summed E-state index contributed by atoms with van der Waals surface area (Å²) in [6.07, 6.45) is 0. The molecule has 0 bridgehead atoms. The molecule has 0 fully saturated rings. The fourth-order valence-electron chi connectivity index (χ4n) is 0. The first kappa shape index (κ1) is 5.42. The predicted molar refractivity (Wildman–Crippen MR) is 11.5 cm³/mol. The van der Waals surface area contributed by atoms with E-state index in [0.29, 0.717) is 0 Å². The van der Waals surface area contributed by atoms with Crippen LogP contribution < -0.4 is 0 Å². The van der Waals surface area contributed by atoms with Gasteiger partial charge in [-0.1, -0.05) is 0 Å². The number of hydrogen-bond acceptors (Lipinski definition) is 2. The molecule has 0 radical (unpaired) electrons. The van der Waals surface area contributed by atoms with Crippen LogP contribution in [0.5, 0.6) is 0 Å². The topological polar surface area (TPSA) is 54.4 Å². The van der Waals surface area contributed by atoms with Gasteiger partial charge >= 0.3 is 36.2 Å². The molecule has 0 unspecified atom stereocenters. The Hall–Kier alpha value is 0.416. The van der Waals surface area contributed by atoms with Crippen molar-refractivity contribution in [3.63, 3.8) is 0 Å². The van der Waals surface area contributed by atoms with Gasteiger partial charge in [-0.25, -0.2) is 0 Å². The van der Waals surface area contributed by atoms with Crippen LogP contribution in [0.3, 0.4) is 0 Å². The summed E-state index contributed by atoms with van der Waals surface area (Å²) in [5, 5.41) is 0. The standard InChI is InChI=1S/Co.HO3S/c;1-4(2)3/h;(H,1,2,3). The molecule has 0 rings (SSSR count). The van der Waals surface area contributed by atoms with E-state index in [9.17, 15) is 0 Å². The molecule has 34 valence electrons. The monoisotopic (exact) mass is 140 g/mol. The predicted octanol–water partition coefficient (Wildman–Crippen LogP) is -0.664. The Bertz CT molecular complexity index is 90.1. The third-order valence-corrected chi connectivity index (χ3v) is 0. The molecule has 0 aromatic carbocycles. The van der Waals surface area contributed by atoms with Crippen LogP contribution in [0.25, 0.3) is 0 Å². The minimum atomic E-state index is -3.98. The molecule has 0 heterocycles. The van der Waals surface area contributed by atoms with E-state index in [1.54, 1.807) is 0 Å². The van der Waals surface area contributed by atoms with Gasteiger partial charge < -0.3 is 0 Å². The van der Waals surface area contributed by atoms with Gasteiger partial charge in [-0.15, -0.1) is 0 Å². The van der Waals surface area contributed by atoms with Crippen LogP contribution in [0.15, 0.2) is 0 Å². The van der Waals surface area contributed by atoms with E-state index in [0.717, 1.165) is 0 Å². The molecule has 3 nitrogen and oxygen atoms in total. The second-order valence-electron chi connectivity index (χ2n) is 0.389. The zero-order valence-electron chi connectivity index (χ0n) is 2.01. The van der Waals surface area contributed by atoms with Crippen molar-refractivity contribution >= 4 is 8.59 Å². The van der Waals surface area contributed by atoms with Crippen molar-refractivity contribution in [1.29, 1.82) is 0 Å². The van der Waals surface area contributed by atoms with Crippen LogP contribution in [0.1, 0.15) is 0 Å². The maximum absolute atomic E-state index is 9.05. The first-order valence-electron chi connectivity index (χ1n) is 0.652. The van der Waals surface area contributed by atoms with Gasteiger partial charge in [0.05, 0.1) is 0 Å². The summed E-state index contributed by atoms with van der Waals surface area (Å²) in [6, 6.07) is 0. The first-order valence-corrected chi connectivity index (χ1v) is 3.23. The van der Waals surface area contributed by atoms with E-state index in [1.165, 1.54) is 0 Å². The molecule has 0 saturated carbocycles. The van der Waals surface area contributed by atoms with E-state index < -0.39 is 8.59 Å². The molecular weight excluding hydrogens is 139 g/mol. The molecule has 0 amide bonds. The fourth-order valence-corrected chi connectivity index (χ4v) is 0. The third kappa shape index (κ3) is 149. The van der Waals surface area contributed by atoms with Crippen LogP contribution in [-0.4, -0.2) is 13.0 Å². The van der Waals surface area contributed by atoms with Crippen molar-refractivity contribution in [3.8, 4) is 0 Å². The Labute approximate surface area is 36.8 Å². The van der Waals surface area contributed by atoms with Gasteiger partial charge in [-0.3, -0.25) is 0 Å². The van der Waals surface area contributed by atoms with Crippen LogP contribution in [0.2, 0.25) is 0 Å². The summed E-state index contributed by atoms with van der Waals surface area (Å²) in [5.41, 5.74) is 0. The molecule has 5 heteroatoms. The first-order chi connectivity index (χ1) is 2.00. The molecule has 5 heavy (non-hydrogen) atoms. The fraction of sp³-hybridized carbons (Fsp3) is 0. The summed E-state index contributed by atoms with van der Waals surface area (Å²) in [7, 11) is -3.98. The van der Waals surface area contributed by atoms with E-state index in [2.05, 4.69) is 14.6 Å². The number of hydrogen-bond donors (Lipinski definition) is 1. The van der Waals surface area contributed by atoms with Crippen LogP contribution in [0.4, 0.5) is 0 Å². The van der Waals surface area contributed by atoms with Crippen molar-refractivity contribution in [3.05, 3.63) is 0 Å². The van der Waals surface area contributed by atoms with Crippen molar-refractivity contribution in [2.45, 2.75) is 0 Å². The van der Waals surface area contributed by atoms with Crippen LogP contribution in [-0.2, 0) is 23.2 Å². The van der Waals surface area contributed by atoms with Gasteiger partial charge in [0.25, 0.3) is 0 Å². The van der Waals surface area contributed by atoms with Gasteiger partial charge in [-0.05, 0) is 0 Å². The molecule has 0 spiro atoms. The molecule has 0 aliphatic rings. The van der Waals surface area contributed by atoms with Crippen molar-refractivity contribution < 1.29 is 27.6 Å². The Morgan fingerprint density at radius 1 is 1.60 bits per heavy atom. The number of rotatable bonds is 0. The molecular formula is HCoO3S. The van der Waals surface area contributed by atoms with E-state index in [1.807, 2.05) is 0 Å². The Kier molecular flexibility index (Phi) is 1.36. The molecule has 0 aromatic heterocycles. The van der Waals surface area contributed by atoms with Crippen molar-refractivity contribution in [2.24, 2.45) is 0 Å². The second kappa shape index (κ2) is 1.25. The molecule has 0 aromatic rings. The molecule has 0 saturated heterocycles. The van der Waals surface area contributed by atoms with Crippen molar-refractivity contribution in [1.82, 2.24) is 0 Å². The normalized spacial score (nSPS) is 11.8. The zero-order valence-corrected chi connectivity index (χ0v) is 3.86. The maximum atomic E-state index is 9.05. The average molecular weight is 140 g/mol. The third-order valence-electron chi connectivity index (χ3n) is 0. The minimum absolute atomic E-state index is 2.69. The van der Waals surface area contributed by atoms with Gasteiger partial charge in [0, 0.05) is 0 Å². The van der Waals surface area contributed by atoms with Crippen molar-refractivity contribution in [2.75, 3.05) is 0 Å². The Morgan fingerprint density at radius 3 is 1.60 bits per heavy atom. The van der Waals surface area contributed by atoms with Gasteiger partial charge in [0.2, 0.25) is 0 Å². The summed E-state index contributed by atoms with van der Waals surface area (Å²) in [5.74, 6) is 0. The molecule has 0 atom stereocenters. The molecule has 0 aliphatic heterocycles. The summed E-state index contributed by atoms with van der Waals surface area (Å²) in [4.78, 5) is 0. The summed E-state index contributed by atoms with van der Waals surface area (Å²) >= 11 is 2.69.